The first kappa shape index (κ1) is 33.8. The van der Waals surface area contributed by atoms with E-state index in [1.165, 1.54) is 77.2 Å². The van der Waals surface area contributed by atoms with Crippen LogP contribution in [0.3, 0.4) is 0 Å². The lowest BCUT2D eigenvalue weighted by atomic mass is 9.68. The van der Waals surface area contributed by atoms with Crippen LogP contribution < -0.4 is 4.90 Å². The molecule has 0 spiro atoms. The van der Waals surface area contributed by atoms with E-state index in [-0.39, 0.29) is 0 Å². The molecule has 0 bridgehead atoms. The first-order valence-electron chi connectivity index (χ1n) is 20.1. The predicted octanol–water partition coefficient (Wildman–Crippen LogP) is 15.2. The number of rotatable bonds is 7. The molecule has 0 heterocycles. The molecule has 58 heavy (non-hydrogen) atoms. The number of hydrogen-bond acceptors (Lipinski definition) is 1. The van der Waals surface area contributed by atoms with Crippen LogP contribution in [0.5, 0.6) is 0 Å². The molecule has 0 amide bonds. The maximum absolute atomic E-state index is 2.42. The number of benzene rings is 10. The molecule has 0 atom stereocenters. The molecule has 0 unspecified atom stereocenters. The van der Waals surface area contributed by atoms with Crippen LogP contribution in [0.15, 0.2) is 237 Å². The quantitative estimate of drug-likeness (QED) is 0.157. The zero-order valence-electron chi connectivity index (χ0n) is 32.0. The van der Waals surface area contributed by atoms with Gasteiger partial charge in [0.15, 0.2) is 0 Å². The second-order valence-electron chi connectivity index (χ2n) is 15.2. The van der Waals surface area contributed by atoms with E-state index < -0.39 is 5.41 Å². The van der Waals surface area contributed by atoms with Gasteiger partial charge in [-0.2, -0.15) is 0 Å². The van der Waals surface area contributed by atoms with Gasteiger partial charge < -0.3 is 4.90 Å². The molecule has 1 aliphatic rings. The van der Waals surface area contributed by atoms with Crippen molar-refractivity contribution in [3.63, 3.8) is 0 Å². The Morgan fingerprint density at radius 1 is 0.276 bits per heavy atom. The van der Waals surface area contributed by atoms with Crippen LogP contribution in [-0.2, 0) is 5.41 Å². The molecule has 10 aromatic carbocycles. The zero-order chi connectivity index (χ0) is 38.5. The van der Waals surface area contributed by atoms with Gasteiger partial charge in [-0.25, -0.2) is 0 Å². The van der Waals surface area contributed by atoms with E-state index in [4.69, 9.17) is 0 Å². The van der Waals surface area contributed by atoms with Gasteiger partial charge in [0.25, 0.3) is 0 Å². The Balaban J connectivity index is 1.10. The van der Waals surface area contributed by atoms with Gasteiger partial charge in [-0.1, -0.05) is 200 Å². The summed E-state index contributed by atoms with van der Waals surface area (Å²) < 4.78 is 0. The van der Waals surface area contributed by atoms with Crippen LogP contribution in [0.4, 0.5) is 17.1 Å². The van der Waals surface area contributed by atoms with E-state index in [9.17, 15) is 0 Å². The Morgan fingerprint density at radius 3 is 1.24 bits per heavy atom. The summed E-state index contributed by atoms with van der Waals surface area (Å²) in [6, 6.07) is 86.8. The lowest BCUT2D eigenvalue weighted by molar-refractivity contribution is 0.768. The van der Waals surface area contributed by atoms with Crippen LogP contribution >= 0.6 is 0 Å². The van der Waals surface area contributed by atoms with Gasteiger partial charge in [0, 0.05) is 17.1 Å². The van der Waals surface area contributed by atoms with Gasteiger partial charge in [0.05, 0.1) is 5.41 Å². The first-order valence-corrected chi connectivity index (χ1v) is 20.1. The normalized spacial score (nSPS) is 12.6. The number of fused-ring (bicyclic) bond motifs is 5. The minimum atomic E-state index is -0.458. The van der Waals surface area contributed by atoms with E-state index in [1.54, 1.807) is 0 Å². The summed E-state index contributed by atoms with van der Waals surface area (Å²) in [5, 5.41) is 4.98. The smallest absolute Gasteiger partial charge is 0.0713 e. The second kappa shape index (κ2) is 13.9. The van der Waals surface area contributed by atoms with Crippen LogP contribution in [0.25, 0.3) is 54.9 Å². The summed E-state index contributed by atoms with van der Waals surface area (Å²) in [5.74, 6) is 0. The molecule has 0 N–H and O–H groups in total. The van der Waals surface area contributed by atoms with Gasteiger partial charge in [-0.15, -0.1) is 0 Å². The lowest BCUT2D eigenvalue weighted by Crippen LogP contribution is -2.28. The van der Waals surface area contributed by atoms with Crippen molar-refractivity contribution in [2.45, 2.75) is 5.41 Å². The molecule has 1 aliphatic carbocycles. The fourth-order valence-corrected chi connectivity index (χ4v) is 9.60. The Bertz CT molecular complexity index is 2940. The summed E-state index contributed by atoms with van der Waals surface area (Å²) in [6.07, 6.45) is 0. The van der Waals surface area contributed by atoms with Crippen LogP contribution in [0.2, 0.25) is 0 Å². The molecule has 0 aromatic heterocycles. The minimum absolute atomic E-state index is 0.458. The lowest BCUT2D eigenvalue weighted by Gasteiger charge is -2.34. The van der Waals surface area contributed by atoms with Crippen molar-refractivity contribution in [2.24, 2.45) is 0 Å². The second-order valence-corrected chi connectivity index (χ2v) is 15.2. The monoisotopic (exact) mass is 737 g/mol. The van der Waals surface area contributed by atoms with Crippen molar-refractivity contribution in [1.82, 2.24) is 0 Å². The highest BCUT2D eigenvalue weighted by molar-refractivity contribution is 5.99. The van der Waals surface area contributed by atoms with Gasteiger partial charge in [0.1, 0.15) is 0 Å². The van der Waals surface area contributed by atoms with Crippen molar-refractivity contribution < 1.29 is 0 Å². The largest absolute Gasteiger partial charge is 0.310 e. The molecule has 272 valence electrons. The van der Waals surface area contributed by atoms with Crippen molar-refractivity contribution in [3.05, 3.63) is 259 Å². The maximum Gasteiger partial charge on any atom is 0.0713 e. The molecule has 1 nitrogen and oxygen atoms in total. The van der Waals surface area contributed by atoms with Crippen LogP contribution in [0.1, 0.15) is 22.3 Å². The average Bonchev–Trinajstić information content (AvgIpc) is 3.60. The molecule has 1 heteroatoms. The summed E-state index contributed by atoms with van der Waals surface area (Å²) in [7, 11) is 0. The molecule has 10 aromatic rings. The minimum Gasteiger partial charge on any atom is -0.310 e. The highest BCUT2D eigenvalue weighted by Gasteiger charge is 2.45. The molecule has 0 aliphatic heterocycles. The fourth-order valence-electron chi connectivity index (χ4n) is 9.60. The van der Waals surface area contributed by atoms with E-state index in [0.717, 1.165) is 17.1 Å². The Hall–Kier alpha value is -7.48. The fraction of sp³-hybridized carbons (Fsp3) is 0.0175. The molecular formula is C57H39N. The van der Waals surface area contributed by atoms with Crippen molar-refractivity contribution in [3.8, 4) is 33.4 Å². The molecule has 0 fully saturated rings. The van der Waals surface area contributed by atoms with Gasteiger partial charge in [-0.3, -0.25) is 0 Å². The zero-order valence-corrected chi connectivity index (χ0v) is 32.0. The average molecular weight is 738 g/mol. The Morgan fingerprint density at radius 2 is 0.690 bits per heavy atom. The van der Waals surface area contributed by atoms with Gasteiger partial charge in [0.2, 0.25) is 0 Å². The van der Waals surface area contributed by atoms with E-state index in [1.807, 2.05) is 0 Å². The van der Waals surface area contributed by atoms with Crippen LogP contribution in [-0.4, -0.2) is 0 Å². The third-order valence-electron chi connectivity index (χ3n) is 12.1. The third kappa shape index (κ3) is 5.39. The van der Waals surface area contributed by atoms with Crippen molar-refractivity contribution in [2.75, 3.05) is 4.90 Å². The molecule has 11 rings (SSSR count). The topological polar surface area (TPSA) is 3.24 Å². The number of anilines is 3. The number of nitrogens with zero attached hydrogens (tertiary/aromatic N) is 1. The number of hydrogen-bond donors (Lipinski definition) is 0. The maximum atomic E-state index is 2.42. The third-order valence-corrected chi connectivity index (χ3v) is 12.1. The summed E-state index contributed by atoms with van der Waals surface area (Å²) in [6.45, 7) is 0. The Kier molecular flexibility index (Phi) is 8.12. The van der Waals surface area contributed by atoms with Gasteiger partial charge in [-0.05, 0) is 114 Å². The van der Waals surface area contributed by atoms with Crippen molar-refractivity contribution >= 4 is 38.6 Å². The summed E-state index contributed by atoms with van der Waals surface area (Å²) in [4.78, 5) is 2.42. The molecule has 0 radical (unpaired) electrons. The highest BCUT2D eigenvalue weighted by atomic mass is 15.1. The summed E-state index contributed by atoms with van der Waals surface area (Å²) >= 11 is 0. The molecule has 0 saturated heterocycles. The van der Waals surface area contributed by atoms with E-state index in [2.05, 4.69) is 241 Å². The Labute approximate surface area is 339 Å². The van der Waals surface area contributed by atoms with Gasteiger partial charge >= 0.3 is 0 Å². The SMILES string of the molecule is c1ccc(C2(c3ccc(N(c4cccc(-c5cccc6ccccc56)c4)c4cccc(-c5cccc6ccccc56)c4)cc3)c3ccccc3-c3ccccc32)cc1. The molecule has 0 saturated carbocycles. The highest BCUT2D eigenvalue weighted by Crippen LogP contribution is 2.56. The standard InChI is InChI=1S/C57H39N/c1-2-22-44(23-3-1)57(55-32-10-8-28-53(55)54-29-9-11-33-56(54)57)45-34-36-46(37-35-45)58(47-24-12-20-42(38-47)51-30-14-18-40-16-4-6-26-49(40)51)48-25-13-21-43(39-48)52-31-15-19-41-17-5-7-27-50(41)52/h1-39H. The van der Waals surface area contributed by atoms with Crippen LogP contribution in [0, 0.1) is 0 Å². The molecular weight excluding hydrogens is 699 g/mol. The summed E-state index contributed by atoms with van der Waals surface area (Å²) in [5.41, 5.74) is 15.4. The van der Waals surface area contributed by atoms with E-state index in [0.29, 0.717) is 0 Å². The predicted molar refractivity (Wildman–Crippen MR) is 244 cm³/mol. The first-order chi connectivity index (χ1) is 28.8. The van der Waals surface area contributed by atoms with Crippen molar-refractivity contribution in [1.29, 1.82) is 0 Å². The van der Waals surface area contributed by atoms with E-state index >= 15 is 0 Å².